The summed E-state index contributed by atoms with van der Waals surface area (Å²) in [5.74, 6) is 1.36. The number of halogens is 1. The summed E-state index contributed by atoms with van der Waals surface area (Å²) in [5, 5.41) is 10.1. The van der Waals surface area contributed by atoms with Crippen molar-refractivity contribution in [1.29, 1.82) is 0 Å². The van der Waals surface area contributed by atoms with Crippen molar-refractivity contribution in [2.75, 3.05) is 5.75 Å². The number of nitrogens with one attached hydrogen (secondary N) is 1. The fraction of sp³-hybridized carbons (Fsp3) is 0.143. The number of quaternary nitrogens is 1. The molecule has 144 valence electrons. The molecular weight excluding hydrogens is 392 g/mol. The van der Waals surface area contributed by atoms with Crippen LogP contribution in [0, 0.1) is 0 Å². The first-order valence-corrected chi connectivity index (χ1v) is 9.84. The van der Waals surface area contributed by atoms with Crippen LogP contribution in [0.1, 0.15) is 23.1 Å². The molecule has 0 aliphatic heterocycles. The van der Waals surface area contributed by atoms with Gasteiger partial charge in [-0.1, -0.05) is 72.4 Å². The molecule has 4 N–H and O–H groups in total. The van der Waals surface area contributed by atoms with Crippen molar-refractivity contribution in [3.05, 3.63) is 83.9 Å². The Bertz CT molecular complexity index is 1040. The second kappa shape index (κ2) is 9.59. The van der Waals surface area contributed by atoms with Gasteiger partial charge < -0.3 is 27.5 Å². The third-order valence-corrected chi connectivity index (χ3v) is 5.10. The number of H-pyrrole nitrogens is 1. The van der Waals surface area contributed by atoms with Crippen LogP contribution < -0.4 is 18.1 Å². The van der Waals surface area contributed by atoms with Gasteiger partial charge in [-0.3, -0.25) is 0 Å². The van der Waals surface area contributed by atoms with Crippen LogP contribution in [-0.4, -0.2) is 20.9 Å². The molecular formula is C21H21ClN4OS. The molecule has 0 radical (unpaired) electrons. The number of fused-ring (bicyclic) bond motifs is 1. The predicted octanol–water partition coefficient (Wildman–Crippen LogP) is 0.886. The highest BCUT2D eigenvalue weighted by atomic mass is 35.5. The second-order valence-corrected chi connectivity index (χ2v) is 7.26. The zero-order chi connectivity index (χ0) is 18.5. The number of hydrogen-bond donors (Lipinski definition) is 2. The van der Waals surface area contributed by atoms with Crippen LogP contribution in [-0.2, 0) is 6.42 Å². The van der Waals surface area contributed by atoms with E-state index in [2.05, 4.69) is 57.3 Å². The number of hydrogen-bond acceptors (Lipinski definition) is 4. The molecule has 0 amide bonds. The number of aromatic nitrogens is 3. The summed E-state index contributed by atoms with van der Waals surface area (Å²) < 4.78 is 5.79. The van der Waals surface area contributed by atoms with Crippen molar-refractivity contribution in [3.63, 3.8) is 0 Å². The molecule has 2 heterocycles. The molecule has 7 heteroatoms. The Morgan fingerprint density at radius 1 is 1.07 bits per heavy atom. The smallest absolute Gasteiger partial charge is 0.277 e. The Morgan fingerprint density at radius 2 is 1.86 bits per heavy atom. The Labute approximate surface area is 173 Å². The van der Waals surface area contributed by atoms with Gasteiger partial charge in [0.25, 0.3) is 11.1 Å². The van der Waals surface area contributed by atoms with E-state index in [-0.39, 0.29) is 18.4 Å². The molecule has 28 heavy (non-hydrogen) atoms. The molecule has 2 aromatic heterocycles. The van der Waals surface area contributed by atoms with Crippen molar-refractivity contribution in [3.8, 4) is 0 Å². The Kier molecular flexibility index (Phi) is 6.92. The average molecular weight is 413 g/mol. The number of nitrogens with zero attached hydrogens (tertiary/aromatic N) is 2. The molecule has 5 nitrogen and oxygen atoms in total. The molecule has 1 atom stereocenters. The van der Waals surface area contributed by atoms with Crippen LogP contribution in [0.2, 0.25) is 0 Å². The summed E-state index contributed by atoms with van der Waals surface area (Å²) in [7, 11) is 0. The van der Waals surface area contributed by atoms with Crippen LogP contribution >= 0.6 is 11.8 Å². The van der Waals surface area contributed by atoms with Gasteiger partial charge >= 0.3 is 0 Å². The van der Waals surface area contributed by atoms with E-state index in [0.717, 1.165) is 17.7 Å². The number of benzene rings is 2. The highest BCUT2D eigenvalue weighted by Gasteiger charge is 2.20. The average Bonchev–Trinajstić information content (AvgIpc) is 3.34. The van der Waals surface area contributed by atoms with Crippen molar-refractivity contribution in [2.45, 2.75) is 17.7 Å². The van der Waals surface area contributed by atoms with Crippen LogP contribution in [0.5, 0.6) is 0 Å². The molecule has 4 rings (SSSR count). The van der Waals surface area contributed by atoms with E-state index in [1.807, 2.05) is 36.5 Å². The number of para-hydroxylation sites is 1. The van der Waals surface area contributed by atoms with E-state index in [4.69, 9.17) is 4.42 Å². The Hall–Kier alpha value is -2.54. The molecule has 0 spiro atoms. The molecule has 0 saturated carbocycles. The van der Waals surface area contributed by atoms with Gasteiger partial charge in [-0.15, -0.1) is 10.2 Å². The van der Waals surface area contributed by atoms with E-state index in [0.29, 0.717) is 11.1 Å². The van der Waals surface area contributed by atoms with E-state index >= 15 is 0 Å². The largest absolute Gasteiger partial charge is 1.00 e. The van der Waals surface area contributed by atoms with Crippen LogP contribution in [0.15, 0.2) is 76.5 Å². The van der Waals surface area contributed by atoms with E-state index in [1.54, 1.807) is 0 Å². The highest BCUT2D eigenvalue weighted by Crippen LogP contribution is 2.24. The Balaban J connectivity index is 0.00000225. The minimum Gasteiger partial charge on any atom is -1.00 e. The number of aromatic amines is 1. The standard InChI is InChI=1S/C21H20N4OS.ClH/c22-18(13-16-14-23-19-11-5-4-10-17(16)19)20-24-25-21(26-20)27-12-6-9-15-7-2-1-3-8-15;/h1-11,14,18,23H,12-13,22H2;1H/t18-;/m0./s1. The molecule has 0 unspecified atom stereocenters. The lowest BCUT2D eigenvalue weighted by atomic mass is 10.1. The van der Waals surface area contributed by atoms with Gasteiger partial charge in [-0.25, -0.2) is 0 Å². The normalized spacial score (nSPS) is 12.3. The van der Waals surface area contributed by atoms with Crippen molar-refractivity contribution in [1.82, 2.24) is 15.2 Å². The summed E-state index contributed by atoms with van der Waals surface area (Å²) in [4.78, 5) is 3.29. The highest BCUT2D eigenvalue weighted by molar-refractivity contribution is 7.99. The molecule has 0 saturated heterocycles. The molecule has 4 aromatic rings. The third kappa shape index (κ3) is 4.84. The zero-order valence-corrected chi connectivity index (χ0v) is 16.8. The first-order chi connectivity index (χ1) is 13.3. The van der Waals surface area contributed by atoms with Crippen LogP contribution in [0.3, 0.4) is 0 Å². The summed E-state index contributed by atoms with van der Waals surface area (Å²) in [6, 6.07) is 18.4. The fourth-order valence-corrected chi connectivity index (χ4v) is 3.54. The zero-order valence-electron chi connectivity index (χ0n) is 15.2. The first-order valence-electron chi connectivity index (χ1n) is 8.85. The monoisotopic (exact) mass is 412 g/mol. The molecule has 0 aliphatic carbocycles. The minimum atomic E-state index is -0.0779. The molecule has 0 bridgehead atoms. The lowest BCUT2D eigenvalue weighted by molar-refractivity contribution is -0.431. The van der Waals surface area contributed by atoms with Crippen molar-refractivity contribution >= 4 is 28.7 Å². The van der Waals surface area contributed by atoms with Gasteiger partial charge in [0.1, 0.15) is 0 Å². The maximum absolute atomic E-state index is 5.79. The fourth-order valence-electron chi connectivity index (χ4n) is 2.96. The van der Waals surface area contributed by atoms with Gasteiger partial charge in [-0.2, -0.15) is 0 Å². The first kappa shape index (κ1) is 20.2. The van der Waals surface area contributed by atoms with Crippen LogP contribution in [0.25, 0.3) is 17.0 Å². The maximum Gasteiger partial charge on any atom is 0.277 e. The lowest BCUT2D eigenvalue weighted by Crippen LogP contribution is -3.00. The van der Waals surface area contributed by atoms with Crippen molar-refractivity contribution < 1.29 is 22.6 Å². The molecule has 2 aromatic carbocycles. The van der Waals surface area contributed by atoms with Gasteiger partial charge in [0.05, 0.1) is 0 Å². The summed E-state index contributed by atoms with van der Waals surface area (Å²) >= 11 is 1.53. The van der Waals surface area contributed by atoms with Gasteiger partial charge in [0.2, 0.25) is 0 Å². The van der Waals surface area contributed by atoms with E-state index < -0.39 is 0 Å². The van der Waals surface area contributed by atoms with E-state index in [1.165, 1.54) is 28.3 Å². The minimum absolute atomic E-state index is 0. The quantitative estimate of drug-likeness (QED) is 0.441. The van der Waals surface area contributed by atoms with E-state index in [9.17, 15) is 0 Å². The molecule has 0 fully saturated rings. The molecule has 0 aliphatic rings. The van der Waals surface area contributed by atoms with Gasteiger partial charge in [0, 0.05) is 29.3 Å². The third-order valence-electron chi connectivity index (χ3n) is 4.33. The van der Waals surface area contributed by atoms with Crippen LogP contribution in [0.4, 0.5) is 0 Å². The summed E-state index contributed by atoms with van der Waals surface area (Å²) in [5.41, 5.74) is 7.73. The lowest BCUT2D eigenvalue weighted by Gasteiger charge is -2.02. The number of rotatable bonds is 7. The topological polar surface area (TPSA) is 82.4 Å². The summed E-state index contributed by atoms with van der Waals surface area (Å²) in [6.45, 7) is 0. The Morgan fingerprint density at radius 3 is 2.71 bits per heavy atom. The maximum atomic E-state index is 5.79. The predicted molar refractivity (Wildman–Crippen MR) is 108 cm³/mol. The summed E-state index contributed by atoms with van der Waals surface area (Å²) in [6.07, 6.45) is 6.97. The van der Waals surface area contributed by atoms with Gasteiger partial charge in [-0.05, 0) is 17.2 Å². The van der Waals surface area contributed by atoms with Gasteiger partial charge in [0.15, 0.2) is 6.04 Å². The number of thioether (sulfide) groups is 1. The van der Waals surface area contributed by atoms with Crippen molar-refractivity contribution in [2.24, 2.45) is 0 Å². The second-order valence-electron chi connectivity index (χ2n) is 6.29. The SMILES string of the molecule is [Cl-].[NH3+][C@@H](Cc1c[nH]c2ccccc12)c1nnc(SCC=Cc2ccccc2)o1.